The normalized spacial score (nSPS) is 15.4. The summed E-state index contributed by atoms with van der Waals surface area (Å²) in [5.41, 5.74) is 1.54. The molecule has 2 N–H and O–H groups in total. The zero-order chi connectivity index (χ0) is 15.4. The number of likely N-dealkylation sites (N-methyl/N-ethyl adjacent to an activating group) is 1. The molecule has 0 radical (unpaired) electrons. The van der Waals surface area contributed by atoms with Gasteiger partial charge in [-0.05, 0) is 36.5 Å². The van der Waals surface area contributed by atoms with E-state index in [1.54, 1.807) is 24.1 Å². The van der Waals surface area contributed by atoms with Crippen molar-refractivity contribution in [2.45, 2.75) is 32.4 Å². The van der Waals surface area contributed by atoms with Gasteiger partial charge >= 0.3 is 0 Å². The molecule has 0 aromatic heterocycles. The summed E-state index contributed by atoms with van der Waals surface area (Å²) in [6.07, 6.45) is 1.69. The first-order valence-corrected chi connectivity index (χ1v) is 7.24. The van der Waals surface area contributed by atoms with Crippen LogP contribution < -0.4 is 5.32 Å². The van der Waals surface area contributed by atoms with Gasteiger partial charge in [0.15, 0.2) is 0 Å². The summed E-state index contributed by atoms with van der Waals surface area (Å²) in [6, 6.07) is 7.15. The zero-order valence-electron chi connectivity index (χ0n) is 12.5. The summed E-state index contributed by atoms with van der Waals surface area (Å²) in [5, 5.41) is 12.6. The van der Waals surface area contributed by atoms with Crippen LogP contribution in [0, 0.1) is 5.92 Å². The molecular weight excluding hydrogens is 268 g/mol. The van der Waals surface area contributed by atoms with Crippen molar-refractivity contribution < 1.29 is 14.7 Å². The maximum Gasteiger partial charge on any atom is 0.253 e. The highest BCUT2D eigenvalue weighted by molar-refractivity contribution is 5.94. The van der Waals surface area contributed by atoms with Crippen LogP contribution in [0.1, 0.15) is 35.7 Å². The third-order valence-electron chi connectivity index (χ3n) is 3.72. The summed E-state index contributed by atoms with van der Waals surface area (Å²) >= 11 is 0. The minimum atomic E-state index is -0.419. The van der Waals surface area contributed by atoms with Crippen LogP contribution >= 0.6 is 0 Å². The first kappa shape index (κ1) is 15.5. The number of aliphatic hydroxyl groups excluding tert-OH is 1. The topological polar surface area (TPSA) is 69.6 Å². The van der Waals surface area contributed by atoms with E-state index in [0.717, 1.165) is 18.4 Å². The lowest BCUT2D eigenvalue weighted by Gasteiger charge is -2.21. The Hall–Kier alpha value is -1.88. The number of aliphatic hydroxyl groups is 1. The van der Waals surface area contributed by atoms with Crippen LogP contribution in [0.2, 0.25) is 0 Å². The molecule has 1 unspecified atom stereocenters. The SMILES string of the molecule is CC(=O)NCc1ccc(C(=O)N(C)CC(O)C2CC2)cc1. The molecule has 5 nitrogen and oxygen atoms in total. The Morgan fingerprint density at radius 2 is 1.95 bits per heavy atom. The van der Waals surface area contributed by atoms with E-state index in [2.05, 4.69) is 5.32 Å². The number of nitrogens with zero attached hydrogens (tertiary/aromatic N) is 1. The number of nitrogens with one attached hydrogen (secondary N) is 1. The number of rotatable bonds is 6. The molecule has 5 heteroatoms. The Morgan fingerprint density at radius 3 is 2.48 bits per heavy atom. The number of amides is 2. The van der Waals surface area contributed by atoms with Crippen LogP contribution in [0.15, 0.2) is 24.3 Å². The van der Waals surface area contributed by atoms with Gasteiger partial charge < -0.3 is 15.3 Å². The largest absolute Gasteiger partial charge is 0.391 e. The fourth-order valence-corrected chi connectivity index (χ4v) is 2.21. The quantitative estimate of drug-likeness (QED) is 0.826. The first-order chi connectivity index (χ1) is 9.97. The number of hydrogen-bond acceptors (Lipinski definition) is 3. The average Bonchev–Trinajstić information content (AvgIpc) is 3.29. The Bertz CT molecular complexity index is 509. The molecule has 1 saturated carbocycles. The summed E-state index contributed by atoms with van der Waals surface area (Å²) in [5.74, 6) is 0.185. The fraction of sp³-hybridized carbons (Fsp3) is 0.500. The molecule has 2 amide bonds. The lowest BCUT2D eigenvalue weighted by atomic mass is 10.1. The van der Waals surface area contributed by atoms with Gasteiger partial charge in [0.25, 0.3) is 5.91 Å². The van der Waals surface area contributed by atoms with Crippen LogP contribution in [-0.2, 0) is 11.3 Å². The summed E-state index contributed by atoms with van der Waals surface area (Å²) < 4.78 is 0. The third kappa shape index (κ3) is 4.56. The van der Waals surface area contributed by atoms with Crippen LogP contribution in [0.5, 0.6) is 0 Å². The molecule has 0 saturated heterocycles. The predicted octanol–water partition coefficient (Wildman–Crippen LogP) is 1.17. The molecule has 1 aromatic carbocycles. The van der Waals surface area contributed by atoms with Crippen LogP contribution in [0.4, 0.5) is 0 Å². The average molecular weight is 290 g/mol. The second kappa shape index (κ2) is 6.72. The van der Waals surface area contributed by atoms with Crippen LogP contribution in [0.25, 0.3) is 0 Å². The van der Waals surface area contributed by atoms with Crippen molar-refractivity contribution in [1.82, 2.24) is 10.2 Å². The van der Waals surface area contributed by atoms with Gasteiger partial charge in [-0.2, -0.15) is 0 Å². The molecule has 1 aromatic rings. The number of carbonyl (C=O) groups excluding carboxylic acids is 2. The van der Waals surface area contributed by atoms with Crippen molar-refractivity contribution in [3.05, 3.63) is 35.4 Å². The van der Waals surface area contributed by atoms with Gasteiger partial charge in [0.2, 0.25) is 5.91 Å². The van der Waals surface area contributed by atoms with Crippen molar-refractivity contribution in [2.75, 3.05) is 13.6 Å². The van der Waals surface area contributed by atoms with Gasteiger partial charge in [-0.15, -0.1) is 0 Å². The Balaban J connectivity index is 1.90. The van der Waals surface area contributed by atoms with Crippen LogP contribution in [0.3, 0.4) is 0 Å². The standard InChI is InChI=1S/C16H22N2O3/c1-11(19)17-9-12-3-5-14(6-4-12)16(21)18(2)10-15(20)13-7-8-13/h3-6,13,15,20H,7-10H2,1-2H3,(H,17,19). The van der Waals surface area contributed by atoms with Gasteiger partial charge in [0, 0.05) is 32.6 Å². The lowest BCUT2D eigenvalue weighted by Crippen LogP contribution is -2.35. The minimum Gasteiger partial charge on any atom is -0.391 e. The molecule has 0 spiro atoms. The van der Waals surface area contributed by atoms with Gasteiger partial charge in [-0.3, -0.25) is 9.59 Å². The molecule has 0 heterocycles. The zero-order valence-corrected chi connectivity index (χ0v) is 12.5. The fourth-order valence-electron chi connectivity index (χ4n) is 2.21. The van der Waals surface area contributed by atoms with Crippen molar-refractivity contribution in [3.63, 3.8) is 0 Å². The summed E-state index contributed by atoms with van der Waals surface area (Å²) in [7, 11) is 1.71. The van der Waals surface area contributed by atoms with E-state index in [4.69, 9.17) is 0 Å². The van der Waals surface area contributed by atoms with E-state index in [1.807, 2.05) is 12.1 Å². The van der Waals surface area contributed by atoms with Gasteiger partial charge in [-0.1, -0.05) is 12.1 Å². The highest BCUT2D eigenvalue weighted by atomic mass is 16.3. The number of benzene rings is 1. The predicted molar refractivity (Wildman–Crippen MR) is 79.7 cm³/mol. The van der Waals surface area contributed by atoms with Gasteiger partial charge in [-0.25, -0.2) is 0 Å². The number of carbonyl (C=O) groups is 2. The summed E-state index contributed by atoms with van der Waals surface area (Å²) in [6.45, 7) is 2.30. The maximum absolute atomic E-state index is 12.2. The highest BCUT2D eigenvalue weighted by Crippen LogP contribution is 2.32. The van der Waals surface area contributed by atoms with E-state index in [0.29, 0.717) is 24.6 Å². The second-order valence-electron chi connectivity index (χ2n) is 5.70. The molecule has 114 valence electrons. The minimum absolute atomic E-state index is 0.0797. The van der Waals surface area contributed by atoms with Crippen LogP contribution in [-0.4, -0.2) is 41.5 Å². The van der Waals surface area contributed by atoms with E-state index in [1.165, 1.54) is 6.92 Å². The van der Waals surface area contributed by atoms with E-state index in [-0.39, 0.29) is 11.8 Å². The molecule has 0 bridgehead atoms. The molecule has 1 aliphatic rings. The summed E-state index contributed by atoms with van der Waals surface area (Å²) in [4.78, 5) is 24.7. The Labute approximate surface area is 125 Å². The van der Waals surface area contributed by atoms with Crippen molar-refractivity contribution in [3.8, 4) is 0 Å². The first-order valence-electron chi connectivity index (χ1n) is 7.24. The van der Waals surface area contributed by atoms with Crippen molar-refractivity contribution in [1.29, 1.82) is 0 Å². The molecule has 0 aliphatic heterocycles. The van der Waals surface area contributed by atoms with Gasteiger partial charge in [0.1, 0.15) is 0 Å². The molecular formula is C16H22N2O3. The smallest absolute Gasteiger partial charge is 0.253 e. The Morgan fingerprint density at radius 1 is 1.33 bits per heavy atom. The molecule has 21 heavy (non-hydrogen) atoms. The monoisotopic (exact) mass is 290 g/mol. The maximum atomic E-state index is 12.2. The third-order valence-corrected chi connectivity index (χ3v) is 3.72. The van der Waals surface area contributed by atoms with Gasteiger partial charge in [0.05, 0.1) is 6.10 Å². The lowest BCUT2D eigenvalue weighted by molar-refractivity contribution is -0.119. The molecule has 1 aliphatic carbocycles. The van der Waals surface area contributed by atoms with Crippen molar-refractivity contribution >= 4 is 11.8 Å². The van der Waals surface area contributed by atoms with E-state index >= 15 is 0 Å². The second-order valence-corrected chi connectivity index (χ2v) is 5.70. The van der Waals surface area contributed by atoms with E-state index in [9.17, 15) is 14.7 Å². The molecule has 1 atom stereocenters. The molecule has 1 fully saturated rings. The Kier molecular flexibility index (Phi) is 4.96. The molecule has 2 rings (SSSR count). The van der Waals surface area contributed by atoms with Crippen molar-refractivity contribution in [2.24, 2.45) is 5.92 Å². The van der Waals surface area contributed by atoms with E-state index < -0.39 is 6.10 Å². The number of hydrogen-bond donors (Lipinski definition) is 2. The highest BCUT2D eigenvalue weighted by Gasteiger charge is 2.31.